The van der Waals surface area contributed by atoms with Crippen molar-refractivity contribution < 1.29 is 4.79 Å². The van der Waals surface area contributed by atoms with E-state index in [0.29, 0.717) is 18.8 Å². The Labute approximate surface area is 142 Å². The number of aromatic amines is 1. The molecule has 7 heteroatoms. The minimum atomic E-state index is -0.183. The number of anilines is 1. The fraction of sp³-hybridized carbons (Fsp3) is 0.118. The molecule has 2 heterocycles. The van der Waals surface area contributed by atoms with Crippen molar-refractivity contribution in [3.05, 3.63) is 54.2 Å². The number of para-hydroxylation sites is 1. The van der Waals surface area contributed by atoms with E-state index >= 15 is 0 Å². The van der Waals surface area contributed by atoms with Crippen LogP contribution in [0.1, 0.15) is 10.5 Å². The van der Waals surface area contributed by atoms with Gasteiger partial charge in [-0.3, -0.25) is 9.89 Å². The summed E-state index contributed by atoms with van der Waals surface area (Å²) in [7, 11) is 0. The van der Waals surface area contributed by atoms with E-state index in [1.807, 2.05) is 48.5 Å². The summed E-state index contributed by atoms with van der Waals surface area (Å²) < 4.78 is 5.55. The minimum Gasteiger partial charge on any atom is -0.367 e. The van der Waals surface area contributed by atoms with Crippen LogP contribution < -0.4 is 10.6 Å². The van der Waals surface area contributed by atoms with Crippen molar-refractivity contribution in [1.29, 1.82) is 0 Å². The maximum absolute atomic E-state index is 12.3. The summed E-state index contributed by atoms with van der Waals surface area (Å²) in [6.45, 7) is 1.09. The molecule has 0 spiro atoms. The molecule has 0 atom stereocenters. The number of hydrogen-bond acceptors (Lipinski definition) is 5. The van der Waals surface area contributed by atoms with Gasteiger partial charge in [-0.15, -0.1) is 0 Å². The van der Waals surface area contributed by atoms with Crippen molar-refractivity contribution >= 4 is 44.2 Å². The molecule has 2 aromatic heterocycles. The predicted molar refractivity (Wildman–Crippen MR) is 96.5 cm³/mol. The van der Waals surface area contributed by atoms with Gasteiger partial charge in [-0.2, -0.15) is 9.47 Å². The third-order valence-corrected chi connectivity index (χ3v) is 4.59. The van der Waals surface area contributed by atoms with Gasteiger partial charge >= 0.3 is 0 Å². The molecule has 0 aliphatic heterocycles. The van der Waals surface area contributed by atoms with E-state index in [1.165, 1.54) is 11.5 Å². The lowest BCUT2D eigenvalue weighted by Crippen LogP contribution is -2.29. The summed E-state index contributed by atoms with van der Waals surface area (Å²) in [6, 6.07) is 15.7. The van der Waals surface area contributed by atoms with Gasteiger partial charge in [0.1, 0.15) is 5.82 Å². The van der Waals surface area contributed by atoms with Crippen LogP contribution in [-0.2, 0) is 0 Å². The number of fused-ring (bicyclic) bond motifs is 2. The SMILES string of the molecule is O=C(NCCNc1nsc2ccccc12)c1n[nH]c2ccccc12. The van der Waals surface area contributed by atoms with Crippen LogP contribution in [0.5, 0.6) is 0 Å². The quantitative estimate of drug-likeness (QED) is 0.489. The zero-order chi connectivity index (χ0) is 16.4. The van der Waals surface area contributed by atoms with Crippen LogP contribution in [0.25, 0.3) is 21.0 Å². The maximum atomic E-state index is 12.3. The molecule has 0 fully saturated rings. The number of H-pyrrole nitrogens is 1. The molecule has 4 aromatic rings. The Bertz CT molecular complexity index is 1010. The average molecular weight is 337 g/mol. The van der Waals surface area contributed by atoms with Crippen LogP contribution in [0.3, 0.4) is 0 Å². The van der Waals surface area contributed by atoms with Crippen molar-refractivity contribution in [3.63, 3.8) is 0 Å². The van der Waals surface area contributed by atoms with Crippen LogP contribution in [0.2, 0.25) is 0 Å². The Balaban J connectivity index is 1.36. The van der Waals surface area contributed by atoms with Crippen molar-refractivity contribution in [2.24, 2.45) is 0 Å². The number of benzene rings is 2. The van der Waals surface area contributed by atoms with Gasteiger partial charge in [-0.25, -0.2) is 0 Å². The van der Waals surface area contributed by atoms with E-state index in [0.717, 1.165) is 26.8 Å². The van der Waals surface area contributed by atoms with Gasteiger partial charge in [0.15, 0.2) is 5.69 Å². The van der Waals surface area contributed by atoms with Crippen molar-refractivity contribution in [2.45, 2.75) is 0 Å². The molecular formula is C17H15N5OS. The van der Waals surface area contributed by atoms with E-state index in [1.54, 1.807) is 0 Å². The second-order valence-electron chi connectivity index (χ2n) is 5.33. The molecule has 0 saturated carbocycles. The summed E-state index contributed by atoms with van der Waals surface area (Å²) in [5, 5.41) is 15.0. The van der Waals surface area contributed by atoms with E-state index in [-0.39, 0.29) is 5.91 Å². The lowest BCUT2D eigenvalue weighted by atomic mass is 10.2. The fourth-order valence-corrected chi connectivity index (χ4v) is 3.35. The van der Waals surface area contributed by atoms with Crippen LogP contribution in [0, 0.1) is 0 Å². The lowest BCUT2D eigenvalue weighted by molar-refractivity contribution is 0.0952. The van der Waals surface area contributed by atoms with Crippen molar-refractivity contribution in [2.75, 3.05) is 18.4 Å². The molecule has 1 amide bonds. The molecule has 0 unspecified atom stereocenters. The second kappa shape index (κ2) is 6.29. The molecule has 0 radical (unpaired) electrons. The number of aromatic nitrogens is 3. The standard InChI is InChI=1S/C17H15N5OS/c23-17(15-11-5-1-3-7-13(11)20-21-15)19-10-9-18-16-12-6-2-4-8-14(12)24-22-16/h1-8H,9-10H2,(H,18,22)(H,19,23)(H,20,21). The number of rotatable bonds is 5. The van der Waals surface area contributed by atoms with Gasteiger partial charge in [0.25, 0.3) is 5.91 Å². The normalized spacial score (nSPS) is 11.0. The number of amides is 1. The Hall–Kier alpha value is -2.93. The number of hydrogen-bond donors (Lipinski definition) is 3. The van der Waals surface area contributed by atoms with Gasteiger partial charge in [0.05, 0.1) is 10.2 Å². The van der Waals surface area contributed by atoms with Crippen molar-refractivity contribution in [3.8, 4) is 0 Å². The first-order valence-corrected chi connectivity index (χ1v) is 8.40. The number of carbonyl (C=O) groups excluding carboxylic acids is 1. The number of nitrogens with one attached hydrogen (secondary N) is 3. The first kappa shape index (κ1) is 14.6. The highest BCUT2D eigenvalue weighted by molar-refractivity contribution is 7.13. The van der Waals surface area contributed by atoms with E-state index in [4.69, 9.17) is 0 Å². The van der Waals surface area contributed by atoms with E-state index < -0.39 is 0 Å². The van der Waals surface area contributed by atoms with Gasteiger partial charge in [-0.1, -0.05) is 30.3 Å². The first-order valence-electron chi connectivity index (χ1n) is 7.62. The Morgan fingerprint density at radius 3 is 2.75 bits per heavy atom. The molecule has 2 aromatic carbocycles. The maximum Gasteiger partial charge on any atom is 0.272 e. The summed E-state index contributed by atoms with van der Waals surface area (Å²) >= 11 is 1.46. The highest BCUT2D eigenvalue weighted by atomic mass is 32.1. The topological polar surface area (TPSA) is 82.7 Å². The Morgan fingerprint density at radius 1 is 1.04 bits per heavy atom. The predicted octanol–water partition coefficient (Wildman–Crippen LogP) is 3.01. The lowest BCUT2D eigenvalue weighted by Gasteiger charge is -2.05. The molecule has 24 heavy (non-hydrogen) atoms. The molecule has 4 rings (SSSR count). The molecule has 0 aliphatic carbocycles. The summed E-state index contributed by atoms with van der Waals surface area (Å²) in [5.74, 6) is 0.674. The highest BCUT2D eigenvalue weighted by Gasteiger charge is 2.13. The summed E-state index contributed by atoms with van der Waals surface area (Å²) in [6.07, 6.45) is 0. The zero-order valence-corrected chi connectivity index (χ0v) is 13.6. The van der Waals surface area contributed by atoms with Gasteiger partial charge in [-0.05, 0) is 29.7 Å². The van der Waals surface area contributed by atoms with Gasteiger partial charge in [0, 0.05) is 23.9 Å². The summed E-state index contributed by atoms with van der Waals surface area (Å²) in [5.41, 5.74) is 1.28. The van der Waals surface area contributed by atoms with Gasteiger partial charge in [0.2, 0.25) is 0 Å². The smallest absolute Gasteiger partial charge is 0.272 e. The molecule has 120 valence electrons. The van der Waals surface area contributed by atoms with Crippen LogP contribution in [0.15, 0.2) is 48.5 Å². The average Bonchev–Trinajstić information content (AvgIpc) is 3.23. The number of nitrogens with zero attached hydrogens (tertiary/aromatic N) is 2. The Morgan fingerprint density at radius 2 is 1.83 bits per heavy atom. The van der Waals surface area contributed by atoms with Crippen LogP contribution in [0.4, 0.5) is 5.82 Å². The molecule has 6 nitrogen and oxygen atoms in total. The Kier molecular flexibility index (Phi) is 3.84. The third-order valence-electron chi connectivity index (χ3n) is 3.77. The van der Waals surface area contributed by atoms with E-state index in [9.17, 15) is 4.79 Å². The second-order valence-corrected chi connectivity index (χ2v) is 6.13. The van der Waals surface area contributed by atoms with Crippen LogP contribution >= 0.6 is 11.5 Å². The number of carbonyl (C=O) groups is 1. The monoisotopic (exact) mass is 337 g/mol. The fourth-order valence-electron chi connectivity index (χ4n) is 2.59. The molecular weight excluding hydrogens is 322 g/mol. The zero-order valence-electron chi connectivity index (χ0n) is 12.7. The van der Waals surface area contributed by atoms with Gasteiger partial charge < -0.3 is 10.6 Å². The molecule has 3 N–H and O–H groups in total. The minimum absolute atomic E-state index is 0.183. The molecule has 0 bridgehead atoms. The van der Waals surface area contributed by atoms with Crippen LogP contribution in [-0.4, -0.2) is 33.6 Å². The summed E-state index contributed by atoms with van der Waals surface area (Å²) in [4.78, 5) is 12.3. The van der Waals surface area contributed by atoms with E-state index in [2.05, 4.69) is 25.2 Å². The molecule has 0 aliphatic rings. The first-order chi connectivity index (χ1) is 11.8. The van der Waals surface area contributed by atoms with Crippen molar-refractivity contribution in [1.82, 2.24) is 19.9 Å². The highest BCUT2D eigenvalue weighted by Crippen LogP contribution is 2.25. The largest absolute Gasteiger partial charge is 0.367 e. The third kappa shape index (κ3) is 2.69. The molecule has 0 saturated heterocycles.